The topological polar surface area (TPSA) is 65.4 Å². The Hall–Kier alpha value is -1.53. The van der Waals surface area contributed by atoms with Gasteiger partial charge in [0.1, 0.15) is 5.60 Å². The average molecular weight is 316 g/mol. The zero-order chi connectivity index (χ0) is 15.1. The van der Waals surface area contributed by atoms with Crippen LogP contribution < -0.4 is 0 Å². The Balaban J connectivity index is 2.69. The molecule has 0 saturated carbocycles. The van der Waals surface area contributed by atoms with Crippen LogP contribution >= 0.6 is 10.7 Å². The van der Waals surface area contributed by atoms with Gasteiger partial charge in [-0.1, -0.05) is 18.2 Å². The Morgan fingerprint density at radius 2 is 1.85 bits per heavy atom. The largest absolute Gasteiger partial charge is 0.443 e. The van der Waals surface area contributed by atoms with Crippen LogP contribution in [0.3, 0.4) is 0 Å². The summed E-state index contributed by atoms with van der Waals surface area (Å²) in [6, 6.07) is 8.12. The molecule has 0 bridgehead atoms. The number of hydrogen-bond acceptors (Lipinski definition) is 4. The summed E-state index contributed by atoms with van der Waals surface area (Å²) >= 11 is 0. The molecule has 2 aromatic rings. The molecule has 1 aromatic heterocycles. The van der Waals surface area contributed by atoms with Gasteiger partial charge in [-0.2, -0.15) is 0 Å². The first-order valence-corrected chi connectivity index (χ1v) is 8.19. The lowest BCUT2D eigenvalue weighted by Gasteiger charge is -2.20. The van der Waals surface area contributed by atoms with E-state index in [0.717, 1.165) is 4.57 Å². The van der Waals surface area contributed by atoms with Crippen molar-refractivity contribution in [3.05, 3.63) is 30.3 Å². The van der Waals surface area contributed by atoms with Gasteiger partial charge in [-0.25, -0.2) is 17.8 Å². The normalized spacial score (nSPS) is 12.6. The molecule has 1 heterocycles. The van der Waals surface area contributed by atoms with Crippen molar-refractivity contribution in [2.24, 2.45) is 0 Å². The van der Waals surface area contributed by atoms with Crippen molar-refractivity contribution in [1.29, 1.82) is 0 Å². The first-order valence-electron chi connectivity index (χ1n) is 5.88. The van der Waals surface area contributed by atoms with E-state index < -0.39 is 20.7 Å². The molecule has 2 rings (SSSR count). The minimum atomic E-state index is -4.06. The van der Waals surface area contributed by atoms with Crippen LogP contribution in [-0.2, 0) is 13.8 Å². The van der Waals surface area contributed by atoms with Crippen LogP contribution in [-0.4, -0.2) is 24.7 Å². The smallest absolute Gasteiger partial charge is 0.420 e. The minimum Gasteiger partial charge on any atom is -0.443 e. The molecule has 0 radical (unpaired) electrons. The molecule has 0 aliphatic heterocycles. The second kappa shape index (κ2) is 4.79. The lowest BCUT2D eigenvalue weighted by Crippen LogP contribution is -2.28. The van der Waals surface area contributed by atoms with E-state index in [1.54, 1.807) is 45.0 Å². The number of carbonyl (C=O) groups is 1. The van der Waals surface area contributed by atoms with E-state index in [1.807, 2.05) is 0 Å². The third kappa shape index (κ3) is 2.96. The van der Waals surface area contributed by atoms with Gasteiger partial charge in [-0.15, -0.1) is 0 Å². The molecule has 0 fully saturated rings. The summed E-state index contributed by atoms with van der Waals surface area (Å²) in [5.41, 5.74) is -0.309. The van der Waals surface area contributed by atoms with Crippen LogP contribution in [0.4, 0.5) is 4.79 Å². The quantitative estimate of drug-likeness (QED) is 0.757. The fourth-order valence-electron chi connectivity index (χ4n) is 1.80. The van der Waals surface area contributed by atoms with Crippen LogP contribution in [0.1, 0.15) is 20.8 Å². The van der Waals surface area contributed by atoms with Crippen LogP contribution in [0.25, 0.3) is 10.9 Å². The monoisotopic (exact) mass is 315 g/mol. The van der Waals surface area contributed by atoms with E-state index in [2.05, 4.69) is 0 Å². The summed E-state index contributed by atoms with van der Waals surface area (Å²) in [4.78, 5) is 12.2. The van der Waals surface area contributed by atoms with Crippen LogP contribution in [0.5, 0.6) is 0 Å². The van der Waals surface area contributed by atoms with Crippen molar-refractivity contribution < 1.29 is 17.9 Å². The predicted octanol–water partition coefficient (Wildman–Crippen LogP) is 3.35. The van der Waals surface area contributed by atoms with Gasteiger partial charge in [-0.05, 0) is 32.9 Å². The maximum Gasteiger partial charge on any atom is 0.420 e. The Kier molecular flexibility index (Phi) is 3.56. The molecule has 0 spiro atoms. The Bertz CT molecular complexity index is 771. The van der Waals surface area contributed by atoms with Crippen molar-refractivity contribution in [2.75, 3.05) is 0 Å². The molecule has 108 valence electrons. The molecule has 0 atom stereocenters. The first-order chi connectivity index (χ1) is 9.09. The Morgan fingerprint density at radius 1 is 1.25 bits per heavy atom. The highest BCUT2D eigenvalue weighted by Gasteiger charge is 2.26. The molecule has 0 aliphatic carbocycles. The SMILES string of the molecule is CC(C)(C)OC(=O)n1c(S(=O)(=O)Cl)cc2ccccc21. The Morgan fingerprint density at radius 3 is 2.40 bits per heavy atom. The Labute approximate surface area is 121 Å². The maximum absolute atomic E-state index is 12.2. The van der Waals surface area contributed by atoms with E-state index >= 15 is 0 Å². The number of aromatic nitrogens is 1. The summed E-state index contributed by atoms with van der Waals surface area (Å²) in [6.45, 7) is 5.10. The molecule has 7 heteroatoms. The molecule has 0 amide bonds. The van der Waals surface area contributed by atoms with Crippen molar-refractivity contribution in [3.63, 3.8) is 0 Å². The highest BCUT2D eigenvalue weighted by molar-refractivity contribution is 8.13. The van der Waals surface area contributed by atoms with E-state index in [4.69, 9.17) is 15.4 Å². The predicted molar refractivity (Wildman–Crippen MR) is 76.6 cm³/mol. The van der Waals surface area contributed by atoms with E-state index in [0.29, 0.717) is 10.9 Å². The molecule has 0 saturated heterocycles. The van der Waals surface area contributed by atoms with Crippen molar-refractivity contribution in [3.8, 4) is 0 Å². The number of rotatable bonds is 1. The number of para-hydroxylation sites is 1. The highest BCUT2D eigenvalue weighted by Crippen LogP contribution is 2.26. The van der Waals surface area contributed by atoms with E-state index in [9.17, 15) is 13.2 Å². The average Bonchev–Trinajstić information content (AvgIpc) is 2.65. The standard InChI is InChI=1S/C13H14ClNO4S/c1-13(2,3)19-12(16)15-10-7-5-4-6-9(10)8-11(15)20(14,17)18/h4-8H,1-3H3. The second-order valence-electron chi connectivity index (χ2n) is 5.29. The second-order valence-corrected chi connectivity index (χ2v) is 7.81. The van der Waals surface area contributed by atoms with Crippen LogP contribution in [0.15, 0.2) is 35.4 Å². The highest BCUT2D eigenvalue weighted by atomic mass is 35.7. The fourth-order valence-corrected chi connectivity index (χ4v) is 2.80. The van der Waals surface area contributed by atoms with Gasteiger partial charge in [0, 0.05) is 16.1 Å². The molecule has 5 nitrogen and oxygen atoms in total. The van der Waals surface area contributed by atoms with Gasteiger partial charge in [-0.3, -0.25) is 0 Å². The lowest BCUT2D eigenvalue weighted by atomic mass is 10.2. The molecule has 20 heavy (non-hydrogen) atoms. The van der Waals surface area contributed by atoms with E-state index in [-0.39, 0.29) is 5.03 Å². The third-order valence-corrected chi connectivity index (χ3v) is 3.78. The van der Waals surface area contributed by atoms with Gasteiger partial charge >= 0.3 is 6.09 Å². The zero-order valence-electron chi connectivity index (χ0n) is 11.3. The van der Waals surface area contributed by atoms with Gasteiger partial charge in [0.05, 0.1) is 5.52 Å². The van der Waals surface area contributed by atoms with Gasteiger partial charge in [0.15, 0.2) is 5.03 Å². The van der Waals surface area contributed by atoms with Crippen molar-refractivity contribution >= 4 is 36.7 Å². The summed E-state index contributed by atoms with van der Waals surface area (Å²) in [7, 11) is 1.33. The fraction of sp³-hybridized carbons (Fsp3) is 0.308. The van der Waals surface area contributed by atoms with Gasteiger partial charge < -0.3 is 4.74 Å². The summed E-state index contributed by atoms with van der Waals surface area (Å²) in [5, 5.41) is 0.298. The summed E-state index contributed by atoms with van der Waals surface area (Å²) in [5.74, 6) is 0. The first kappa shape index (κ1) is 14.9. The zero-order valence-corrected chi connectivity index (χ0v) is 12.8. The molecule has 0 N–H and O–H groups in total. The van der Waals surface area contributed by atoms with Crippen molar-refractivity contribution in [2.45, 2.75) is 31.4 Å². The molecule has 0 unspecified atom stereocenters. The minimum absolute atomic E-state index is 0.297. The van der Waals surface area contributed by atoms with E-state index in [1.165, 1.54) is 6.07 Å². The molecule has 1 aromatic carbocycles. The molecular weight excluding hydrogens is 302 g/mol. The number of hydrogen-bond donors (Lipinski definition) is 0. The van der Waals surface area contributed by atoms with Crippen LogP contribution in [0.2, 0.25) is 0 Å². The molecule has 0 aliphatic rings. The number of nitrogens with zero attached hydrogens (tertiary/aromatic N) is 1. The number of halogens is 1. The van der Waals surface area contributed by atoms with Gasteiger partial charge in [0.25, 0.3) is 9.05 Å². The van der Waals surface area contributed by atoms with Crippen LogP contribution in [0, 0.1) is 0 Å². The number of fused-ring (bicyclic) bond motifs is 1. The number of benzene rings is 1. The number of ether oxygens (including phenoxy) is 1. The third-order valence-electron chi connectivity index (χ3n) is 2.50. The molecular formula is C13H14ClNO4S. The van der Waals surface area contributed by atoms with Crippen molar-refractivity contribution in [1.82, 2.24) is 4.57 Å². The summed E-state index contributed by atoms with van der Waals surface area (Å²) in [6.07, 6.45) is -0.780. The maximum atomic E-state index is 12.2. The lowest BCUT2D eigenvalue weighted by molar-refractivity contribution is 0.0530. The number of carbonyl (C=O) groups excluding carboxylic acids is 1. The van der Waals surface area contributed by atoms with Gasteiger partial charge in [0.2, 0.25) is 0 Å². The summed E-state index contributed by atoms with van der Waals surface area (Å²) < 4.78 is 29.5.